The van der Waals surface area contributed by atoms with Gasteiger partial charge in [-0.3, -0.25) is 0 Å². The van der Waals surface area contributed by atoms with Crippen molar-refractivity contribution in [3.63, 3.8) is 0 Å². The molecular weight excluding hydrogens is 324 g/mol. The van der Waals surface area contributed by atoms with E-state index < -0.39 is 6.43 Å². The number of halogens is 4. The fourth-order valence-corrected chi connectivity index (χ4v) is 2.32. The Labute approximate surface area is 96.6 Å². The summed E-state index contributed by atoms with van der Waals surface area (Å²) in [6, 6.07) is 1.57. The minimum Gasteiger partial charge on any atom is -0.390 e. The van der Waals surface area contributed by atoms with Crippen LogP contribution in [0.25, 0.3) is 0 Å². The van der Waals surface area contributed by atoms with E-state index in [0.717, 1.165) is 0 Å². The molecule has 0 radical (unpaired) electrons. The number of pyridine rings is 1. The molecule has 0 aliphatic rings. The molecule has 0 atom stereocenters. The van der Waals surface area contributed by atoms with Crippen LogP contribution in [0.1, 0.15) is 23.4 Å². The van der Waals surface area contributed by atoms with Crippen LogP contribution >= 0.6 is 31.9 Å². The average molecular weight is 331 g/mol. The van der Waals surface area contributed by atoms with Gasteiger partial charge in [-0.2, -0.15) is 0 Å². The fraction of sp³-hybridized carbons (Fsp3) is 0.375. The summed E-state index contributed by atoms with van der Waals surface area (Å²) in [5.41, 5.74) is 0.573. The van der Waals surface area contributed by atoms with Crippen molar-refractivity contribution in [3.05, 3.63) is 27.5 Å². The third-order valence-corrected chi connectivity index (χ3v) is 3.14. The molecule has 0 saturated heterocycles. The number of aromatic nitrogens is 1. The van der Waals surface area contributed by atoms with Gasteiger partial charge in [0.2, 0.25) is 0 Å². The van der Waals surface area contributed by atoms with E-state index >= 15 is 0 Å². The molecule has 1 aromatic rings. The number of nitrogens with zero attached hydrogens (tertiary/aromatic N) is 1. The predicted molar refractivity (Wildman–Crippen MR) is 55.4 cm³/mol. The first-order chi connectivity index (χ1) is 6.60. The van der Waals surface area contributed by atoms with Gasteiger partial charge in [0.25, 0.3) is 6.43 Å². The highest BCUT2D eigenvalue weighted by atomic mass is 79.9. The van der Waals surface area contributed by atoms with Crippen LogP contribution in [0.2, 0.25) is 0 Å². The van der Waals surface area contributed by atoms with Crippen LogP contribution in [-0.4, -0.2) is 10.1 Å². The van der Waals surface area contributed by atoms with Crippen LogP contribution in [0.3, 0.4) is 0 Å². The number of rotatable bonds is 3. The van der Waals surface area contributed by atoms with E-state index in [1.165, 1.54) is 0 Å². The van der Waals surface area contributed by atoms with E-state index in [4.69, 9.17) is 5.11 Å². The summed E-state index contributed by atoms with van der Waals surface area (Å²) in [5.74, 6) is 0. The fourth-order valence-electron chi connectivity index (χ4n) is 0.988. The topological polar surface area (TPSA) is 33.1 Å². The first-order valence-electron chi connectivity index (χ1n) is 3.73. The number of hydrogen-bond acceptors (Lipinski definition) is 2. The molecule has 0 aromatic carbocycles. The van der Waals surface area contributed by atoms with Gasteiger partial charge in [0, 0.05) is 9.80 Å². The zero-order valence-corrected chi connectivity index (χ0v) is 10.1. The molecule has 78 valence electrons. The van der Waals surface area contributed by atoms with Crippen molar-refractivity contribution in [2.75, 3.05) is 0 Å². The average Bonchev–Trinajstić information content (AvgIpc) is 2.17. The van der Waals surface area contributed by atoms with Crippen molar-refractivity contribution < 1.29 is 13.9 Å². The summed E-state index contributed by atoms with van der Waals surface area (Å²) in [7, 11) is 0. The molecule has 0 bridgehead atoms. The number of aliphatic hydroxyl groups excluding tert-OH is 1. The molecule has 0 aliphatic carbocycles. The van der Waals surface area contributed by atoms with Crippen LogP contribution in [0.5, 0.6) is 0 Å². The van der Waals surface area contributed by atoms with Gasteiger partial charge in [0.1, 0.15) is 5.69 Å². The Morgan fingerprint density at radius 2 is 2.14 bits per heavy atom. The third-order valence-electron chi connectivity index (χ3n) is 1.62. The van der Waals surface area contributed by atoms with Gasteiger partial charge >= 0.3 is 0 Å². The third kappa shape index (κ3) is 2.49. The van der Waals surface area contributed by atoms with Crippen LogP contribution in [0.15, 0.2) is 10.5 Å². The van der Waals surface area contributed by atoms with Crippen molar-refractivity contribution in [1.29, 1.82) is 0 Å². The maximum absolute atomic E-state index is 12.5. The second-order valence-corrected chi connectivity index (χ2v) is 3.92. The van der Waals surface area contributed by atoms with Crippen molar-refractivity contribution in [1.82, 2.24) is 4.98 Å². The number of aliphatic hydroxyl groups is 1. The molecule has 0 saturated carbocycles. The lowest BCUT2D eigenvalue weighted by Gasteiger charge is -2.08. The highest BCUT2D eigenvalue weighted by molar-refractivity contribution is 9.10. The van der Waals surface area contributed by atoms with Gasteiger partial charge in [-0.1, -0.05) is 15.9 Å². The van der Waals surface area contributed by atoms with Crippen molar-refractivity contribution in [3.8, 4) is 0 Å². The van der Waals surface area contributed by atoms with Crippen molar-refractivity contribution in [2.45, 2.75) is 18.4 Å². The van der Waals surface area contributed by atoms with Gasteiger partial charge in [-0.25, -0.2) is 13.8 Å². The Hall–Kier alpha value is -0.0700. The summed E-state index contributed by atoms with van der Waals surface area (Å²) in [5, 5.41) is 9.25. The Kier molecular flexibility index (Phi) is 4.40. The summed E-state index contributed by atoms with van der Waals surface area (Å²) in [6.07, 6.45) is -2.64. The van der Waals surface area contributed by atoms with Crippen molar-refractivity contribution in [2.24, 2.45) is 0 Å². The normalized spacial score (nSPS) is 11.0. The quantitative estimate of drug-likeness (QED) is 0.863. The Balaban J connectivity index is 3.27. The summed E-state index contributed by atoms with van der Waals surface area (Å²) >= 11 is 6.22. The maximum atomic E-state index is 12.5. The zero-order chi connectivity index (χ0) is 10.7. The molecule has 1 heterocycles. The summed E-state index contributed by atoms with van der Waals surface area (Å²) in [4.78, 5) is 3.63. The SMILES string of the molecule is OCc1cc(CBr)c(Br)c(C(F)F)n1. The first kappa shape index (κ1) is 12.0. The molecule has 1 rings (SSSR count). The van der Waals surface area contributed by atoms with Crippen LogP contribution in [-0.2, 0) is 11.9 Å². The molecule has 6 heteroatoms. The lowest BCUT2D eigenvalue weighted by Crippen LogP contribution is -2.00. The monoisotopic (exact) mass is 329 g/mol. The molecule has 1 aromatic heterocycles. The van der Waals surface area contributed by atoms with Crippen LogP contribution in [0.4, 0.5) is 8.78 Å². The number of alkyl halides is 3. The molecule has 1 N–H and O–H groups in total. The van der Waals surface area contributed by atoms with Gasteiger partial charge in [-0.05, 0) is 27.6 Å². The Morgan fingerprint density at radius 1 is 1.50 bits per heavy atom. The highest BCUT2D eigenvalue weighted by Gasteiger charge is 2.17. The van der Waals surface area contributed by atoms with E-state index in [9.17, 15) is 8.78 Å². The summed E-state index contributed by atoms with van der Waals surface area (Å²) in [6.45, 7) is -0.340. The molecule has 2 nitrogen and oxygen atoms in total. The largest absolute Gasteiger partial charge is 0.390 e. The standard InChI is InChI=1S/C8H7Br2F2NO/c9-2-4-1-5(3-14)13-7(6(4)10)8(11)12/h1,8,14H,2-3H2. The van der Waals surface area contributed by atoms with Crippen LogP contribution in [0, 0.1) is 0 Å². The molecule has 0 unspecified atom stereocenters. The van der Waals surface area contributed by atoms with Gasteiger partial charge in [0.05, 0.1) is 12.3 Å². The minimum absolute atomic E-state index is 0.248. The maximum Gasteiger partial charge on any atom is 0.281 e. The second kappa shape index (κ2) is 5.14. The summed E-state index contributed by atoms with van der Waals surface area (Å²) < 4.78 is 25.2. The molecule has 14 heavy (non-hydrogen) atoms. The zero-order valence-electron chi connectivity index (χ0n) is 6.98. The number of hydrogen-bond donors (Lipinski definition) is 1. The predicted octanol–water partition coefficient (Wildman–Crippen LogP) is 3.17. The van der Waals surface area contributed by atoms with E-state index in [-0.39, 0.29) is 18.0 Å². The second-order valence-electron chi connectivity index (χ2n) is 2.56. The van der Waals surface area contributed by atoms with Crippen LogP contribution < -0.4 is 0 Å². The van der Waals surface area contributed by atoms with E-state index in [2.05, 4.69) is 36.8 Å². The Morgan fingerprint density at radius 3 is 2.57 bits per heavy atom. The van der Waals surface area contributed by atoms with Gasteiger partial charge in [0.15, 0.2) is 0 Å². The minimum atomic E-state index is -2.64. The van der Waals surface area contributed by atoms with E-state index in [1.807, 2.05) is 0 Å². The van der Waals surface area contributed by atoms with Gasteiger partial charge in [-0.15, -0.1) is 0 Å². The molecule has 0 aliphatic heterocycles. The van der Waals surface area contributed by atoms with E-state index in [0.29, 0.717) is 15.4 Å². The van der Waals surface area contributed by atoms with E-state index in [1.54, 1.807) is 6.07 Å². The molecule has 0 amide bonds. The lowest BCUT2D eigenvalue weighted by atomic mass is 10.2. The van der Waals surface area contributed by atoms with Crippen molar-refractivity contribution >= 4 is 31.9 Å². The van der Waals surface area contributed by atoms with Gasteiger partial charge < -0.3 is 5.11 Å². The lowest BCUT2D eigenvalue weighted by molar-refractivity contribution is 0.144. The molecular formula is C8H7Br2F2NO. The molecule has 0 spiro atoms. The first-order valence-corrected chi connectivity index (χ1v) is 5.64. The molecule has 0 fully saturated rings. The Bertz CT molecular complexity index is 333. The smallest absolute Gasteiger partial charge is 0.281 e. The highest BCUT2D eigenvalue weighted by Crippen LogP contribution is 2.30.